The number of hydrogen-bond donors (Lipinski definition) is 0. The Balaban J connectivity index is 1.45. The molecule has 0 spiro atoms. The third-order valence-electron chi connectivity index (χ3n) is 5.84. The van der Waals surface area contributed by atoms with Crippen LogP contribution in [0.15, 0.2) is 60.1 Å². The molecular weight excluding hydrogens is 420 g/mol. The smallest absolute Gasteiger partial charge is 0.226 e. The summed E-state index contributed by atoms with van der Waals surface area (Å²) in [4.78, 5) is 23.3. The number of pyridine rings is 1. The van der Waals surface area contributed by atoms with Gasteiger partial charge in [0.1, 0.15) is 17.6 Å². The second-order valence-corrected chi connectivity index (χ2v) is 8.90. The van der Waals surface area contributed by atoms with Crippen molar-refractivity contribution in [2.75, 3.05) is 25.1 Å². The number of thiophene rings is 1. The van der Waals surface area contributed by atoms with E-state index in [1.165, 1.54) is 4.88 Å². The average Bonchev–Trinajstić information content (AvgIpc) is 3.37. The number of benzene rings is 1. The van der Waals surface area contributed by atoms with Crippen molar-refractivity contribution in [3.05, 3.63) is 76.1 Å². The predicted octanol–water partition coefficient (Wildman–Crippen LogP) is 4.47. The summed E-state index contributed by atoms with van der Waals surface area (Å²) in [7, 11) is 1.66. The van der Waals surface area contributed by atoms with Crippen molar-refractivity contribution in [3.63, 3.8) is 0 Å². The van der Waals surface area contributed by atoms with Gasteiger partial charge in [0, 0.05) is 42.2 Å². The molecule has 3 heterocycles. The average molecular weight is 447 g/mol. The highest BCUT2D eigenvalue weighted by Crippen LogP contribution is 2.27. The minimum atomic E-state index is -0.0145. The number of anilines is 1. The van der Waals surface area contributed by atoms with Crippen LogP contribution in [0.25, 0.3) is 0 Å². The Morgan fingerprint density at radius 2 is 2.00 bits per heavy atom. The van der Waals surface area contributed by atoms with E-state index in [1.807, 2.05) is 46.7 Å². The highest BCUT2D eigenvalue weighted by atomic mass is 32.1. The zero-order valence-electron chi connectivity index (χ0n) is 18.1. The molecule has 1 saturated heterocycles. The Kier molecular flexibility index (Phi) is 7.03. The molecule has 7 heteroatoms. The van der Waals surface area contributed by atoms with E-state index in [0.29, 0.717) is 18.7 Å². The summed E-state index contributed by atoms with van der Waals surface area (Å²) < 4.78 is 5.52. The number of ether oxygens (including phenoxy) is 1. The molecule has 1 aromatic carbocycles. The van der Waals surface area contributed by atoms with Crippen LogP contribution in [-0.2, 0) is 17.9 Å². The van der Waals surface area contributed by atoms with Crippen LogP contribution < -0.4 is 9.64 Å². The fourth-order valence-electron chi connectivity index (χ4n) is 4.09. The van der Waals surface area contributed by atoms with Crippen molar-refractivity contribution in [2.24, 2.45) is 5.92 Å². The lowest BCUT2D eigenvalue weighted by Crippen LogP contribution is -2.42. The van der Waals surface area contributed by atoms with Crippen molar-refractivity contribution < 1.29 is 9.53 Å². The molecule has 0 bridgehead atoms. The standard InChI is InChI=1S/C25H26N4O2S/c1-31-23-7-3-2-5-21(23)17-29(18-22-6-4-14-32-22)25(30)20-10-12-28(13-11-20)24-9-8-19(15-26)16-27-24/h2-9,14,16,20H,10-13,17-18H2,1H3. The topological polar surface area (TPSA) is 69.5 Å². The van der Waals surface area contributed by atoms with Crippen LogP contribution in [0.1, 0.15) is 28.8 Å². The Hall–Kier alpha value is -3.37. The summed E-state index contributed by atoms with van der Waals surface area (Å²) in [6.45, 7) is 2.68. The van der Waals surface area contributed by atoms with Crippen molar-refractivity contribution in [2.45, 2.75) is 25.9 Å². The largest absolute Gasteiger partial charge is 0.496 e. The summed E-state index contributed by atoms with van der Waals surface area (Å²) in [5.41, 5.74) is 1.57. The molecule has 2 aromatic heterocycles. The molecule has 0 saturated carbocycles. The molecule has 1 amide bonds. The number of amides is 1. The Bertz CT molecular complexity index is 1070. The summed E-state index contributed by atoms with van der Waals surface area (Å²) in [6.07, 6.45) is 3.17. The SMILES string of the molecule is COc1ccccc1CN(Cc1cccs1)C(=O)C1CCN(c2ccc(C#N)cn2)CC1. The number of nitrogens with zero attached hydrogens (tertiary/aromatic N) is 4. The summed E-state index contributed by atoms with van der Waals surface area (Å²) >= 11 is 1.67. The molecule has 1 fully saturated rings. The van der Waals surface area contributed by atoms with E-state index in [4.69, 9.17) is 10.00 Å². The number of piperidine rings is 1. The van der Waals surface area contributed by atoms with E-state index < -0.39 is 0 Å². The second kappa shape index (κ2) is 10.3. The van der Waals surface area contributed by atoms with E-state index in [9.17, 15) is 4.79 Å². The molecule has 6 nitrogen and oxygen atoms in total. The Labute approximate surface area is 192 Å². The number of nitriles is 1. The third kappa shape index (κ3) is 5.09. The Morgan fingerprint density at radius 3 is 2.66 bits per heavy atom. The lowest BCUT2D eigenvalue weighted by Gasteiger charge is -2.35. The third-order valence-corrected chi connectivity index (χ3v) is 6.70. The molecule has 3 aromatic rings. The first-order chi connectivity index (χ1) is 15.7. The number of hydrogen-bond acceptors (Lipinski definition) is 6. The van der Waals surface area contributed by atoms with Crippen LogP contribution in [0.4, 0.5) is 5.82 Å². The highest BCUT2D eigenvalue weighted by molar-refractivity contribution is 7.09. The molecule has 0 N–H and O–H groups in total. The van der Waals surface area contributed by atoms with Crippen molar-refractivity contribution in [1.29, 1.82) is 5.26 Å². The first-order valence-electron chi connectivity index (χ1n) is 10.7. The lowest BCUT2D eigenvalue weighted by atomic mass is 9.94. The second-order valence-electron chi connectivity index (χ2n) is 7.86. The number of para-hydroxylation sites is 1. The number of carbonyl (C=O) groups is 1. The fraction of sp³-hybridized carbons (Fsp3) is 0.320. The Morgan fingerprint density at radius 1 is 1.19 bits per heavy atom. The lowest BCUT2D eigenvalue weighted by molar-refractivity contribution is -0.137. The maximum Gasteiger partial charge on any atom is 0.226 e. The highest BCUT2D eigenvalue weighted by Gasteiger charge is 2.29. The quantitative estimate of drug-likeness (QED) is 0.536. The zero-order valence-corrected chi connectivity index (χ0v) is 18.9. The minimum Gasteiger partial charge on any atom is -0.496 e. The van der Waals surface area contributed by atoms with Crippen LogP contribution in [0.3, 0.4) is 0 Å². The predicted molar refractivity (Wildman–Crippen MR) is 125 cm³/mol. The number of aromatic nitrogens is 1. The van der Waals surface area contributed by atoms with Crippen LogP contribution in [-0.4, -0.2) is 36.0 Å². The maximum atomic E-state index is 13.6. The van der Waals surface area contributed by atoms with E-state index in [-0.39, 0.29) is 11.8 Å². The van der Waals surface area contributed by atoms with Crippen LogP contribution >= 0.6 is 11.3 Å². The molecule has 4 rings (SSSR count). The number of carbonyl (C=O) groups excluding carboxylic acids is 1. The maximum absolute atomic E-state index is 13.6. The van der Waals surface area contributed by atoms with Gasteiger partial charge in [0.15, 0.2) is 0 Å². The molecule has 164 valence electrons. The van der Waals surface area contributed by atoms with E-state index in [0.717, 1.165) is 43.1 Å². The molecule has 1 aliphatic heterocycles. The van der Waals surface area contributed by atoms with Gasteiger partial charge in [-0.15, -0.1) is 11.3 Å². The van der Waals surface area contributed by atoms with Gasteiger partial charge in [-0.2, -0.15) is 5.26 Å². The van der Waals surface area contributed by atoms with E-state index in [2.05, 4.69) is 22.0 Å². The van der Waals surface area contributed by atoms with Gasteiger partial charge in [-0.25, -0.2) is 4.98 Å². The molecule has 0 unspecified atom stereocenters. The van der Waals surface area contributed by atoms with Crippen LogP contribution in [0.2, 0.25) is 0 Å². The molecule has 0 radical (unpaired) electrons. The first-order valence-corrected chi connectivity index (χ1v) is 11.6. The molecule has 1 aliphatic rings. The molecule has 0 aliphatic carbocycles. The first kappa shape index (κ1) is 21.8. The molecule has 32 heavy (non-hydrogen) atoms. The van der Waals surface area contributed by atoms with Gasteiger partial charge >= 0.3 is 0 Å². The molecular formula is C25H26N4O2S. The van der Waals surface area contributed by atoms with Gasteiger partial charge in [-0.05, 0) is 42.5 Å². The van der Waals surface area contributed by atoms with E-state index in [1.54, 1.807) is 30.7 Å². The minimum absolute atomic E-state index is 0.0145. The van der Waals surface area contributed by atoms with Gasteiger partial charge in [-0.3, -0.25) is 4.79 Å². The fourth-order valence-corrected chi connectivity index (χ4v) is 4.81. The van der Waals surface area contributed by atoms with Crippen LogP contribution in [0.5, 0.6) is 5.75 Å². The molecule has 0 atom stereocenters. The summed E-state index contributed by atoms with van der Waals surface area (Å²) in [5, 5.41) is 11.0. The normalized spacial score (nSPS) is 14.1. The van der Waals surface area contributed by atoms with Crippen LogP contribution in [0, 0.1) is 17.2 Å². The van der Waals surface area contributed by atoms with Crippen molar-refractivity contribution in [3.8, 4) is 11.8 Å². The van der Waals surface area contributed by atoms with Crippen molar-refractivity contribution >= 4 is 23.1 Å². The van der Waals surface area contributed by atoms with Gasteiger partial charge in [0.2, 0.25) is 5.91 Å². The number of rotatable bonds is 7. The monoisotopic (exact) mass is 446 g/mol. The summed E-state index contributed by atoms with van der Waals surface area (Å²) in [6, 6.07) is 17.7. The van der Waals surface area contributed by atoms with Crippen molar-refractivity contribution in [1.82, 2.24) is 9.88 Å². The van der Waals surface area contributed by atoms with Gasteiger partial charge < -0.3 is 14.5 Å². The van der Waals surface area contributed by atoms with Gasteiger partial charge in [0.25, 0.3) is 0 Å². The van der Waals surface area contributed by atoms with Gasteiger partial charge in [0.05, 0.1) is 19.2 Å². The zero-order chi connectivity index (χ0) is 22.3. The van der Waals surface area contributed by atoms with Gasteiger partial charge in [-0.1, -0.05) is 24.3 Å². The number of methoxy groups -OCH3 is 1. The van der Waals surface area contributed by atoms with E-state index >= 15 is 0 Å². The summed E-state index contributed by atoms with van der Waals surface area (Å²) in [5.74, 6) is 1.84.